The van der Waals surface area contributed by atoms with Crippen molar-refractivity contribution in [3.05, 3.63) is 15.6 Å². The van der Waals surface area contributed by atoms with E-state index in [0.717, 1.165) is 10.0 Å². The largest absolute Gasteiger partial charge is 0.354 e. The van der Waals surface area contributed by atoms with E-state index in [-0.39, 0.29) is 5.78 Å². The van der Waals surface area contributed by atoms with Crippen LogP contribution in [0.4, 0.5) is 5.13 Å². The Morgan fingerprint density at radius 3 is 2.47 bits per heavy atom. The molecule has 1 aromatic heterocycles. The van der Waals surface area contributed by atoms with Crippen molar-refractivity contribution in [1.29, 1.82) is 0 Å². The molecule has 1 rings (SSSR count). The number of carbonyl (C=O) groups excluding carboxylic acids is 1. The number of halogens is 1. The van der Waals surface area contributed by atoms with E-state index in [1.165, 1.54) is 18.3 Å². The van der Waals surface area contributed by atoms with E-state index in [1.54, 1.807) is 13.0 Å². The van der Waals surface area contributed by atoms with E-state index in [2.05, 4.69) is 4.98 Å². The van der Waals surface area contributed by atoms with Gasteiger partial charge < -0.3 is 4.90 Å². The van der Waals surface area contributed by atoms with Gasteiger partial charge in [0.15, 0.2) is 10.9 Å². The molecule has 1 aromatic rings. The molecular formula is C10H13ClN2OS. The van der Waals surface area contributed by atoms with Crippen molar-refractivity contribution >= 4 is 39.9 Å². The molecule has 0 aliphatic rings. The van der Waals surface area contributed by atoms with Gasteiger partial charge in [-0.1, -0.05) is 22.9 Å². The Kier molecular flexibility index (Phi) is 3.88. The summed E-state index contributed by atoms with van der Waals surface area (Å²) in [6.07, 6.45) is 1.77. The molecule has 0 unspecified atom stereocenters. The lowest BCUT2D eigenvalue weighted by atomic mass is 10.2. The molecule has 5 heteroatoms. The molecule has 82 valence electrons. The highest BCUT2D eigenvalue weighted by atomic mass is 35.5. The van der Waals surface area contributed by atoms with E-state index >= 15 is 0 Å². The summed E-state index contributed by atoms with van der Waals surface area (Å²) in [6, 6.07) is 0. The van der Waals surface area contributed by atoms with Gasteiger partial charge in [0.1, 0.15) is 5.15 Å². The number of hydrogen-bond donors (Lipinski definition) is 0. The molecule has 15 heavy (non-hydrogen) atoms. The van der Waals surface area contributed by atoms with Crippen molar-refractivity contribution in [2.45, 2.75) is 13.8 Å². The van der Waals surface area contributed by atoms with Crippen molar-refractivity contribution < 1.29 is 4.79 Å². The van der Waals surface area contributed by atoms with Gasteiger partial charge in [-0.15, -0.1) is 0 Å². The van der Waals surface area contributed by atoms with Crippen molar-refractivity contribution in [3.8, 4) is 0 Å². The molecule has 0 saturated heterocycles. The van der Waals surface area contributed by atoms with Gasteiger partial charge in [-0.25, -0.2) is 4.98 Å². The topological polar surface area (TPSA) is 33.2 Å². The molecule has 0 atom stereocenters. The Morgan fingerprint density at radius 1 is 1.47 bits per heavy atom. The Balaban J connectivity index is 3.06. The molecule has 3 nitrogen and oxygen atoms in total. The fourth-order valence-corrected chi connectivity index (χ4v) is 2.06. The lowest BCUT2D eigenvalue weighted by Gasteiger charge is -2.04. The number of carbonyl (C=O) groups is 1. The third-order valence-corrected chi connectivity index (χ3v) is 3.45. The summed E-state index contributed by atoms with van der Waals surface area (Å²) in [4.78, 5) is 18.0. The number of rotatable bonds is 3. The molecule has 0 aromatic carbocycles. The van der Waals surface area contributed by atoms with Crippen LogP contribution in [0.25, 0.3) is 6.08 Å². The summed E-state index contributed by atoms with van der Waals surface area (Å²) in [6.45, 7) is 3.31. The zero-order valence-electron chi connectivity index (χ0n) is 9.17. The Morgan fingerprint density at radius 2 is 2.07 bits per heavy atom. The first kappa shape index (κ1) is 12.2. The fourth-order valence-electron chi connectivity index (χ4n) is 0.881. The van der Waals surface area contributed by atoms with Crippen LogP contribution in [0.2, 0.25) is 5.15 Å². The summed E-state index contributed by atoms with van der Waals surface area (Å²) < 4.78 is 0. The highest BCUT2D eigenvalue weighted by Crippen LogP contribution is 2.30. The average Bonchev–Trinajstić information content (AvgIpc) is 2.47. The number of ketones is 1. The first-order valence-corrected chi connectivity index (χ1v) is 5.64. The molecule has 0 fully saturated rings. The van der Waals surface area contributed by atoms with Crippen LogP contribution in [-0.2, 0) is 4.79 Å². The molecule has 0 bridgehead atoms. The summed E-state index contributed by atoms with van der Waals surface area (Å²) >= 11 is 7.42. The SMILES string of the molecule is CC(=O)/C(C)=C\c1sc(N(C)C)nc1Cl. The van der Waals surface area contributed by atoms with Gasteiger partial charge in [-0.3, -0.25) is 4.79 Å². The number of allylic oxidation sites excluding steroid dienone is 1. The number of anilines is 1. The van der Waals surface area contributed by atoms with Crippen molar-refractivity contribution in [3.63, 3.8) is 0 Å². The molecule has 0 N–H and O–H groups in total. The van der Waals surface area contributed by atoms with Gasteiger partial charge >= 0.3 is 0 Å². The second-order valence-corrected chi connectivity index (χ2v) is 4.80. The van der Waals surface area contributed by atoms with Gasteiger partial charge in [0.2, 0.25) is 0 Å². The maximum absolute atomic E-state index is 11.1. The highest BCUT2D eigenvalue weighted by molar-refractivity contribution is 7.17. The van der Waals surface area contributed by atoms with Gasteiger partial charge in [-0.05, 0) is 25.5 Å². The van der Waals surface area contributed by atoms with Gasteiger partial charge in [0, 0.05) is 14.1 Å². The van der Waals surface area contributed by atoms with Crippen molar-refractivity contribution in [2.24, 2.45) is 0 Å². The third kappa shape index (κ3) is 3.04. The normalized spacial score (nSPS) is 11.7. The maximum atomic E-state index is 11.1. The first-order chi connectivity index (χ1) is 6.91. The Labute approximate surface area is 98.4 Å². The van der Waals surface area contributed by atoms with Crippen LogP contribution >= 0.6 is 22.9 Å². The zero-order valence-corrected chi connectivity index (χ0v) is 10.7. The minimum Gasteiger partial charge on any atom is -0.354 e. The van der Waals surface area contributed by atoms with E-state index in [4.69, 9.17) is 11.6 Å². The number of nitrogens with zero attached hydrogens (tertiary/aromatic N) is 2. The molecule has 0 saturated carbocycles. The monoisotopic (exact) mass is 244 g/mol. The number of Topliss-reactive ketones (excluding diaryl/α,β-unsaturated/α-hetero) is 1. The third-order valence-electron chi connectivity index (χ3n) is 1.88. The predicted octanol–water partition coefficient (Wildman–Crippen LogP) is 2.85. The molecule has 0 aliphatic heterocycles. The second-order valence-electron chi connectivity index (χ2n) is 3.43. The molecule has 1 heterocycles. The van der Waals surface area contributed by atoms with Crippen LogP contribution in [0, 0.1) is 0 Å². The number of thiazole rings is 1. The lowest BCUT2D eigenvalue weighted by Crippen LogP contribution is -2.07. The molecule has 0 spiro atoms. The van der Waals surface area contributed by atoms with Crippen LogP contribution in [0.5, 0.6) is 0 Å². The van der Waals surface area contributed by atoms with Crippen LogP contribution in [-0.4, -0.2) is 24.9 Å². The van der Waals surface area contributed by atoms with Gasteiger partial charge in [-0.2, -0.15) is 0 Å². The number of hydrogen-bond acceptors (Lipinski definition) is 4. The van der Waals surface area contributed by atoms with Crippen LogP contribution < -0.4 is 4.90 Å². The summed E-state index contributed by atoms with van der Waals surface area (Å²) in [5.74, 6) is 0.0471. The van der Waals surface area contributed by atoms with Crippen molar-refractivity contribution in [1.82, 2.24) is 4.98 Å². The molecule has 0 radical (unpaired) electrons. The van der Waals surface area contributed by atoms with Crippen molar-refractivity contribution in [2.75, 3.05) is 19.0 Å². The summed E-state index contributed by atoms with van der Waals surface area (Å²) in [5.41, 5.74) is 0.686. The molecular weight excluding hydrogens is 232 g/mol. The summed E-state index contributed by atoms with van der Waals surface area (Å²) in [7, 11) is 3.81. The maximum Gasteiger partial charge on any atom is 0.186 e. The first-order valence-electron chi connectivity index (χ1n) is 4.44. The van der Waals surface area contributed by atoms with Gasteiger partial charge in [0.25, 0.3) is 0 Å². The Hall–Kier alpha value is -0.870. The highest BCUT2D eigenvalue weighted by Gasteiger charge is 2.09. The van der Waals surface area contributed by atoms with E-state index in [9.17, 15) is 4.79 Å². The zero-order chi connectivity index (χ0) is 11.6. The average molecular weight is 245 g/mol. The molecule has 0 aliphatic carbocycles. The second kappa shape index (κ2) is 4.77. The van der Waals surface area contributed by atoms with E-state index in [0.29, 0.717) is 10.7 Å². The van der Waals surface area contributed by atoms with Crippen LogP contribution in [0.3, 0.4) is 0 Å². The quantitative estimate of drug-likeness (QED) is 0.767. The minimum absolute atomic E-state index is 0.0471. The number of aromatic nitrogens is 1. The lowest BCUT2D eigenvalue weighted by molar-refractivity contribution is -0.113. The van der Waals surface area contributed by atoms with Crippen LogP contribution in [0.1, 0.15) is 18.7 Å². The standard InChI is InChI=1S/C10H13ClN2OS/c1-6(7(2)14)5-8-9(11)12-10(15-8)13(3)4/h5H,1-4H3/b6-5-. The fraction of sp³-hybridized carbons (Fsp3) is 0.400. The Bertz CT molecular complexity index is 410. The smallest absolute Gasteiger partial charge is 0.186 e. The van der Waals surface area contributed by atoms with Crippen LogP contribution in [0.15, 0.2) is 5.57 Å². The summed E-state index contributed by atoms with van der Waals surface area (Å²) in [5, 5.41) is 1.28. The predicted molar refractivity (Wildman–Crippen MR) is 65.8 cm³/mol. The van der Waals surface area contributed by atoms with E-state index < -0.39 is 0 Å². The van der Waals surface area contributed by atoms with Gasteiger partial charge in [0.05, 0.1) is 4.88 Å². The molecule has 0 amide bonds. The minimum atomic E-state index is 0.0471. The van der Waals surface area contributed by atoms with E-state index in [1.807, 2.05) is 19.0 Å².